The van der Waals surface area contributed by atoms with Crippen molar-refractivity contribution < 1.29 is 9.90 Å². The van der Waals surface area contributed by atoms with E-state index in [4.69, 9.17) is 5.73 Å². The number of carbonyl (C=O) groups is 1. The summed E-state index contributed by atoms with van der Waals surface area (Å²) >= 11 is 0. The number of fused-ring (bicyclic) bond motifs is 1. The van der Waals surface area contributed by atoms with Gasteiger partial charge in [-0.2, -0.15) is 0 Å². The van der Waals surface area contributed by atoms with Crippen molar-refractivity contribution >= 4 is 34.8 Å². The van der Waals surface area contributed by atoms with Gasteiger partial charge in [0.1, 0.15) is 5.75 Å². The molecule has 0 spiro atoms. The van der Waals surface area contributed by atoms with Gasteiger partial charge >= 0.3 is 0 Å². The van der Waals surface area contributed by atoms with Crippen LogP contribution >= 0.6 is 12.4 Å². The summed E-state index contributed by atoms with van der Waals surface area (Å²) < 4.78 is 0. The molecule has 2 rings (SSSR count). The van der Waals surface area contributed by atoms with Crippen molar-refractivity contribution in [2.75, 3.05) is 5.32 Å². The Kier molecular flexibility index (Phi) is 4.53. The zero-order valence-electron chi connectivity index (χ0n) is 9.88. The summed E-state index contributed by atoms with van der Waals surface area (Å²) in [5.41, 5.74) is 6.15. The minimum Gasteiger partial charge on any atom is -0.508 e. The Morgan fingerprint density at radius 3 is 2.72 bits per heavy atom. The lowest BCUT2D eigenvalue weighted by Gasteiger charge is -2.10. The van der Waals surface area contributed by atoms with Gasteiger partial charge in [-0.1, -0.05) is 18.2 Å². The third kappa shape index (κ3) is 2.91. The Labute approximate surface area is 111 Å². The zero-order valence-corrected chi connectivity index (χ0v) is 10.7. The fraction of sp³-hybridized carbons (Fsp3) is 0.154. The second-order valence-electron chi connectivity index (χ2n) is 3.99. The summed E-state index contributed by atoms with van der Waals surface area (Å²) in [5, 5.41) is 13.9. The fourth-order valence-corrected chi connectivity index (χ4v) is 1.62. The number of phenols is 1. The number of nitrogens with two attached hydrogens (primary N) is 1. The van der Waals surface area contributed by atoms with Gasteiger partial charge in [0.2, 0.25) is 5.91 Å². The predicted molar refractivity (Wildman–Crippen MR) is 75.1 cm³/mol. The number of halogens is 1. The van der Waals surface area contributed by atoms with E-state index in [-0.39, 0.29) is 24.1 Å². The second-order valence-corrected chi connectivity index (χ2v) is 3.99. The first-order valence-electron chi connectivity index (χ1n) is 5.36. The molecular formula is C13H15ClN2O2. The third-order valence-corrected chi connectivity index (χ3v) is 2.54. The van der Waals surface area contributed by atoms with E-state index in [0.717, 1.165) is 10.8 Å². The first-order chi connectivity index (χ1) is 8.08. The number of benzene rings is 2. The summed E-state index contributed by atoms with van der Waals surface area (Å²) in [6.45, 7) is 1.62. The van der Waals surface area contributed by atoms with E-state index in [2.05, 4.69) is 5.32 Å². The molecule has 4 nitrogen and oxygen atoms in total. The van der Waals surface area contributed by atoms with Gasteiger partial charge in [-0.15, -0.1) is 12.4 Å². The molecule has 1 atom stereocenters. The largest absolute Gasteiger partial charge is 0.508 e. The topological polar surface area (TPSA) is 75.4 Å². The summed E-state index contributed by atoms with van der Waals surface area (Å²) in [5.74, 6) is -0.0826. The van der Waals surface area contributed by atoms with Crippen molar-refractivity contribution in [3.8, 4) is 5.75 Å². The lowest BCUT2D eigenvalue weighted by Crippen LogP contribution is -2.32. The Morgan fingerprint density at radius 2 is 2.06 bits per heavy atom. The van der Waals surface area contributed by atoms with E-state index in [9.17, 15) is 9.90 Å². The molecule has 5 heteroatoms. The van der Waals surface area contributed by atoms with Crippen LogP contribution in [0.5, 0.6) is 5.75 Å². The van der Waals surface area contributed by atoms with Crippen LogP contribution in [0.2, 0.25) is 0 Å². The molecule has 0 aromatic heterocycles. The van der Waals surface area contributed by atoms with E-state index < -0.39 is 6.04 Å². The standard InChI is InChI=1S/C13H14N2O2.ClH/c1-8(14)13(17)15-12-4-2-3-9-5-6-10(16)7-11(9)12;/h2-8,16H,14H2,1H3,(H,15,17);1H. The van der Waals surface area contributed by atoms with Crippen molar-refractivity contribution in [3.63, 3.8) is 0 Å². The molecule has 1 unspecified atom stereocenters. The number of anilines is 1. The van der Waals surface area contributed by atoms with Gasteiger partial charge in [-0.05, 0) is 30.5 Å². The first kappa shape index (κ1) is 14.3. The molecule has 0 aliphatic rings. The number of rotatable bonds is 2. The zero-order chi connectivity index (χ0) is 12.4. The van der Waals surface area contributed by atoms with Crippen LogP contribution in [0.1, 0.15) is 6.92 Å². The highest BCUT2D eigenvalue weighted by molar-refractivity contribution is 6.03. The number of hydrogen-bond donors (Lipinski definition) is 3. The van der Waals surface area contributed by atoms with Gasteiger partial charge in [0.25, 0.3) is 0 Å². The average molecular weight is 267 g/mol. The average Bonchev–Trinajstić information content (AvgIpc) is 2.29. The molecule has 0 aliphatic heterocycles. The molecule has 18 heavy (non-hydrogen) atoms. The molecule has 0 saturated heterocycles. The highest BCUT2D eigenvalue weighted by Gasteiger charge is 2.09. The number of phenolic OH excluding ortho intramolecular Hbond substituents is 1. The van der Waals surface area contributed by atoms with Gasteiger partial charge in [0.05, 0.1) is 6.04 Å². The molecule has 0 saturated carbocycles. The molecule has 4 N–H and O–H groups in total. The van der Waals surface area contributed by atoms with Crippen molar-refractivity contribution in [1.82, 2.24) is 0 Å². The van der Waals surface area contributed by atoms with Gasteiger partial charge in [-0.25, -0.2) is 0 Å². The predicted octanol–water partition coefficient (Wildman–Crippen LogP) is 2.25. The monoisotopic (exact) mass is 266 g/mol. The number of nitrogens with one attached hydrogen (secondary N) is 1. The van der Waals surface area contributed by atoms with Crippen molar-refractivity contribution in [1.29, 1.82) is 0 Å². The van der Waals surface area contributed by atoms with Crippen molar-refractivity contribution in [2.24, 2.45) is 5.73 Å². The van der Waals surface area contributed by atoms with Crippen LogP contribution in [0.4, 0.5) is 5.69 Å². The molecule has 0 fully saturated rings. The maximum absolute atomic E-state index is 11.5. The third-order valence-electron chi connectivity index (χ3n) is 2.54. The van der Waals surface area contributed by atoms with Gasteiger partial charge in [0, 0.05) is 11.1 Å². The minimum atomic E-state index is -0.567. The lowest BCUT2D eigenvalue weighted by atomic mass is 10.1. The number of carbonyl (C=O) groups excluding carboxylic acids is 1. The van der Waals surface area contributed by atoms with E-state index in [1.165, 1.54) is 0 Å². The Hall–Kier alpha value is -1.78. The Bertz CT molecular complexity index is 570. The number of aromatic hydroxyl groups is 1. The van der Waals surface area contributed by atoms with Crippen LogP contribution in [-0.4, -0.2) is 17.1 Å². The summed E-state index contributed by atoms with van der Waals surface area (Å²) in [7, 11) is 0. The lowest BCUT2D eigenvalue weighted by molar-refractivity contribution is -0.117. The van der Waals surface area contributed by atoms with Crippen molar-refractivity contribution in [3.05, 3.63) is 36.4 Å². The molecule has 0 bridgehead atoms. The molecule has 0 heterocycles. The summed E-state index contributed by atoms with van der Waals surface area (Å²) in [6.07, 6.45) is 0. The van der Waals surface area contributed by atoms with E-state index in [0.29, 0.717) is 5.69 Å². The van der Waals surface area contributed by atoms with Crippen molar-refractivity contribution in [2.45, 2.75) is 13.0 Å². The highest BCUT2D eigenvalue weighted by Crippen LogP contribution is 2.26. The van der Waals surface area contributed by atoms with E-state index in [1.807, 2.05) is 12.1 Å². The quantitative estimate of drug-likeness (QED) is 0.780. The minimum absolute atomic E-state index is 0. The molecular weight excluding hydrogens is 252 g/mol. The van der Waals surface area contributed by atoms with Crippen LogP contribution in [-0.2, 0) is 4.79 Å². The number of hydrogen-bond acceptors (Lipinski definition) is 3. The van der Waals surface area contributed by atoms with Crippen LogP contribution < -0.4 is 11.1 Å². The fourth-order valence-electron chi connectivity index (χ4n) is 1.62. The van der Waals surface area contributed by atoms with E-state index in [1.54, 1.807) is 31.2 Å². The molecule has 0 aliphatic carbocycles. The summed E-state index contributed by atoms with van der Waals surface area (Å²) in [6, 6.07) is 9.99. The first-order valence-corrected chi connectivity index (χ1v) is 5.36. The van der Waals surface area contributed by atoms with Crippen LogP contribution in [0.15, 0.2) is 36.4 Å². The maximum Gasteiger partial charge on any atom is 0.241 e. The summed E-state index contributed by atoms with van der Waals surface area (Å²) in [4.78, 5) is 11.5. The molecule has 1 amide bonds. The maximum atomic E-state index is 11.5. The number of amides is 1. The smallest absolute Gasteiger partial charge is 0.241 e. The second kappa shape index (κ2) is 5.71. The Morgan fingerprint density at radius 1 is 1.33 bits per heavy atom. The van der Waals surface area contributed by atoms with Gasteiger partial charge < -0.3 is 16.2 Å². The van der Waals surface area contributed by atoms with Crippen LogP contribution in [0.25, 0.3) is 10.8 Å². The highest BCUT2D eigenvalue weighted by atomic mass is 35.5. The molecule has 2 aromatic rings. The normalized spacial score (nSPS) is 11.7. The Balaban J connectivity index is 0.00000162. The van der Waals surface area contributed by atoms with Gasteiger partial charge in [-0.3, -0.25) is 4.79 Å². The van der Waals surface area contributed by atoms with E-state index >= 15 is 0 Å². The van der Waals surface area contributed by atoms with Crippen LogP contribution in [0.3, 0.4) is 0 Å². The SMILES string of the molecule is CC(N)C(=O)Nc1cccc2ccc(O)cc12.Cl. The molecule has 2 aromatic carbocycles. The molecule has 96 valence electrons. The van der Waals surface area contributed by atoms with Gasteiger partial charge in [0.15, 0.2) is 0 Å². The molecule has 0 radical (unpaired) electrons. The van der Waals surface area contributed by atoms with Crippen LogP contribution in [0, 0.1) is 0 Å².